The molecule has 162 valence electrons. The van der Waals surface area contributed by atoms with Crippen LogP contribution in [0.25, 0.3) is 11.5 Å². The third-order valence-corrected chi connectivity index (χ3v) is 5.05. The number of Topliss-reactive ketones (excluding diaryl/α,β-unsaturated/α-hetero) is 1. The number of amides is 1. The van der Waals surface area contributed by atoms with Gasteiger partial charge in [-0.1, -0.05) is 55.8 Å². The van der Waals surface area contributed by atoms with Crippen molar-refractivity contribution in [3.63, 3.8) is 0 Å². The first-order valence-electron chi connectivity index (χ1n) is 10.8. The molecule has 3 aromatic rings. The minimum atomic E-state index is -0.132. The third-order valence-electron chi connectivity index (χ3n) is 5.05. The van der Waals surface area contributed by atoms with Gasteiger partial charge in [-0.3, -0.25) is 9.59 Å². The summed E-state index contributed by atoms with van der Waals surface area (Å²) < 4.78 is 5.54. The molecule has 5 heteroatoms. The van der Waals surface area contributed by atoms with E-state index in [1.165, 1.54) is 11.1 Å². The highest BCUT2D eigenvalue weighted by molar-refractivity contribution is 5.97. The molecule has 0 aliphatic heterocycles. The number of aromatic nitrogens is 1. The number of hydrogen-bond acceptors (Lipinski definition) is 4. The Morgan fingerprint density at radius 3 is 2.39 bits per heavy atom. The number of rotatable bonds is 10. The Bertz CT molecular complexity index is 1000. The molecule has 0 radical (unpaired) electrons. The smallest absolute Gasteiger partial charge is 0.226 e. The average Bonchev–Trinajstić information content (AvgIpc) is 3.21. The fraction of sp³-hybridized carbons (Fsp3) is 0.346. The summed E-state index contributed by atoms with van der Waals surface area (Å²) in [7, 11) is 0. The number of ketones is 1. The van der Waals surface area contributed by atoms with Crippen molar-refractivity contribution in [1.29, 1.82) is 0 Å². The van der Waals surface area contributed by atoms with Crippen molar-refractivity contribution in [1.82, 2.24) is 10.3 Å². The van der Waals surface area contributed by atoms with E-state index >= 15 is 0 Å². The van der Waals surface area contributed by atoms with E-state index in [9.17, 15) is 9.59 Å². The Kier molecular flexibility index (Phi) is 7.76. The molecule has 0 fully saturated rings. The molecule has 0 saturated carbocycles. The van der Waals surface area contributed by atoms with Crippen LogP contribution in [-0.4, -0.2) is 23.2 Å². The lowest BCUT2D eigenvalue weighted by Gasteiger charge is -2.06. The highest BCUT2D eigenvalue weighted by Crippen LogP contribution is 2.19. The van der Waals surface area contributed by atoms with Crippen LogP contribution >= 0.6 is 0 Å². The maximum Gasteiger partial charge on any atom is 0.226 e. The Labute approximate surface area is 183 Å². The Balaban J connectivity index is 1.39. The van der Waals surface area contributed by atoms with Gasteiger partial charge in [-0.25, -0.2) is 4.98 Å². The topological polar surface area (TPSA) is 72.2 Å². The number of hydrogen-bond donors (Lipinski definition) is 1. The predicted octanol–water partition coefficient (Wildman–Crippen LogP) is 5.17. The monoisotopic (exact) mass is 418 g/mol. The SMILES string of the molecule is Cc1ccc(-c2nc(CCNC(=O)CCC(=O)c3ccc(CC(C)C)cc3)co2)cc1. The van der Waals surface area contributed by atoms with Gasteiger partial charge >= 0.3 is 0 Å². The second-order valence-electron chi connectivity index (χ2n) is 8.33. The molecule has 0 unspecified atom stereocenters. The first-order valence-corrected chi connectivity index (χ1v) is 10.8. The van der Waals surface area contributed by atoms with Crippen LogP contribution in [0.4, 0.5) is 0 Å². The summed E-state index contributed by atoms with van der Waals surface area (Å²) in [6.07, 6.45) is 3.58. The zero-order chi connectivity index (χ0) is 22.2. The van der Waals surface area contributed by atoms with E-state index in [1.807, 2.05) is 55.5 Å². The Morgan fingerprint density at radius 1 is 1.00 bits per heavy atom. The van der Waals surface area contributed by atoms with Gasteiger partial charge < -0.3 is 9.73 Å². The third kappa shape index (κ3) is 6.92. The fourth-order valence-electron chi connectivity index (χ4n) is 3.34. The average molecular weight is 419 g/mol. The molecule has 31 heavy (non-hydrogen) atoms. The lowest BCUT2D eigenvalue weighted by Crippen LogP contribution is -2.26. The summed E-state index contributed by atoms with van der Waals surface area (Å²) in [6.45, 7) is 6.83. The highest BCUT2D eigenvalue weighted by Gasteiger charge is 2.11. The molecule has 1 aromatic heterocycles. The summed E-state index contributed by atoms with van der Waals surface area (Å²) in [4.78, 5) is 28.9. The predicted molar refractivity (Wildman–Crippen MR) is 122 cm³/mol. The molecular formula is C26H30N2O3. The largest absolute Gasteiger partial charge is 0.444 e. The lowest BCUT2D eigenvalue weighted by molar-refractivity contribution is -0.121. The van der Waals surface area contributed by atoms with Gasteiger partial charge in [0.25, 0.3) is 0 Å². The van der Waals surface area contributed by atoms with E-state index in [2.05, 4.69) is 24.1 Å². The molecule has 0 saturated heterocycles. The van der Waals surface area contributed by atoms with Crippen LogP contribution in [0.2, 0.25) is 0 Å². The van der Waals surface area contributed by atoms with E-state index in [1.54, 1.807) is 6.26 Å². The van der Waals surface area contributed by atoms with Crippen LogP contribution in [0, 0.1) is 12.8 Å². The number of carbonyl (C=O) groups is 2. The molecule has 0 aliphatic carbocycles. The summed E-state index contributed by atoms with van der Waals surface area (Å²) in [6, 6.07) is 15.7. The van der Waals surface area contributed by atoms with E-state index in [0.717, 1.165) is 17.7 Å². The summed E-state index contributed by atoms with van der Waals surface area (Å²) in [5.74, 6) is 1.01. The molecule has 0 bridgehead atoms. The Morgan fingerprint density at radius 2 is 1.71 bits per heavy atom. The van der Waals surface area contributed by atoms with Crippen molar-refractivity contribution >= 4 is 11.7 Å². The molecule has 0 spiro atoms. The maximum absolute atomic E-state index is 12.3. The summed E-state index contributed by atoms with van der Waals surface area (Å²) in [5, 5.41) is 2.85. The molecule has 3 rings (SSSR count). The molecular weight excluding hydrogens is 388 g/mol. The second-order valence-corrected chi connectivity index (χ2v) is 8.33. The first kappa shape index (κ1) is 22.5. The molecule has 1 heterocycles. The van der Waals surface area contributed by atoms with E-state index in [0.29, 0.717) is 30.3 Å². The van der Waals surface area contributed by atoms with Gasteiger partial charge in [-0.15, -0.1) is 0 Å². The number of nitrogens with zero attached hydrogens (tertiary/aromatic N) is 1. The molecule has 2 aromatic carbocycles. The summed E-state index contributed by atoms with van der Waals surface area (Å²) in [5.41, 5.74) is 4.78. The van der Waals surface area contributed by atoms with Gasteiger partial charge in [0.1, 0.15) is 6.26 Å². The molecule has 5 nitrogen and oxygen atoms in total. The minimum absolute atomic E-state index is 0.00881. The molecule has 1 N–H and O–H groups in total. The van der Waals surface area contributed by atoms with Crippen LogP contribution in [0.15, 0.2) is 59.2 Å². The van der Waals surface area contributed by atoms with E-state index in [4.69, 9.17) is 4.42 Å². The number of carbonyl (C=O) groups excluding carboxylic acids is 2. The first-order chi connectivity index (χ1) is 14.9. The van der Waals surface area contributed by atoms with Crippen molar-refractivity contribution in [2.75, 3.05) is 6.54 Å². The second kappa shape index (κ2) is 10.7. The number of benzene rings is 2. The van der Waals surface area contributed by atoms with Crippen LogP contribution in [0.1, 0.15) is 53.9 Å². The fourth-order valence-corrected chi connectivity index (χ4v) is 3.34. The van der Waals surface area contributed by atoms with Gasteiger partial charge in [0.15, 0.2) is 5.78 Å². The van der Waals surface area contributed by atoms with Crippen LogP contribution in [0.5, 0.6) is 0 Å². The van der Waals surface area contributed by atoms with Crippen molar-refractivity contribution in [3.05, 3.63) is 77.2 Å². The van der Waals surface area contributed by atoms with Crippen molar-refractivity contribution in [2.24, 2.45) is 5.92 Å². The normalized spacial score (nSPS) is 11.0. The minimum Gasteiger partial charge on any atom is -0.444 e. The van der Waals surface area contributed by atoms with Crippen molar-refractivity contribution < 1.29 is 14.0 Å². The van der Waals surface area contributed by atoms with Crippen LogP contribution in [-0.2, 0) is 17.6 Å². The van der Waals surface area contributed by atoms with E-state index < -0.39 is 0 Å². The van der Waals surface area contributed by atoms with Crippen LogP contribution < -0.4 is 5.32 Å². The Hall–Kier alpha value is -3.21. The number of aryl methyl sites for hydroxylation is 1. The quantitative estimate of drug-likeness (QED) is 0.461. The van der Waals surface area contributed by atoms with Gasteiger partial charge in [0, 0.05) is 36.9 Å². The van der Waals surface area contributed by atoms with Crippen molar-refractivity contribution in [2.45, 2.75) is 46.5 Å². The van der Waals surface area contributed by atoms with Gasteiger partial charge in [0.2, 0.25) is 11.8 Å². The molecule has 0 aliphatic rings. The van der Waals surface area contributed by atoms with Crippen LogP contribution in [0.3, 0.4) is 0 Å². The number of nitrogens with one attached hydrogen (secondary N) is 1. The molecule has 0 atom stereocenters. The van der Waals surface area contributed by atoms with Gasteiger partial charge in [0.05, 0.1) is 5.69 Å². The number of oxazole rings is 1. The zero-order valence-electron chi connectivity index (χ0n) is 18.5. The maximum atomic E-state index is 12.3. The van der Waals surface area contributed by atoms with E-state index in [-0.39, 0.29) is 24.5 Å². The zero-order valence-corrected chi connectivity index (χ0v) is 18.5. The van der Waals surface area contributed by atoms with Gasteiger partial charge in [-0.2, -0.15) is 0 Å². The highest BCUT2D eigenvalue weighted by atomic mass is 16.3. The summed E-state index contributed by atoms with van der Waals surface area (Å²) >= 11 is 0. The lowest BCUT2D eigenvalue weighted by atomic mass is 9.99. The van der Waals surface area contributed by atoms with Gasteiger partial charge in [-0.05, 0) is 37.0 Å². The standard InChI is InChI=1S/C26H30N2O3/c1-18(2)16-20-6-10-21(11-7-20)24(29)12-13-25(30)27-15-14-23-17-31-26(28-23)22-8-4-19(3)5-9-22/h4-11,17-18H,12-16H2,1-3H3,(H,27,30). The van der Waals surface area contributed by atoms with Crippen molar-refractivity contribution in [3.8, 4) is 11.5 Å². The molecule has 1 amide bonds.